The first-order valence-electron chi connectivity index (χ1n) is 10.9. The molecule has 168 valence electrons. The van der Waals surface area contributed by atoms with Gasteiger partial charge >= 0.3 is 5.97 Å². The average Bonchev–Trinajstić information content (AvgIpc) is 3.50. The number of carbonyl (C=O) groups excluding carboxylic acids is 2. The summed E-state index contributed by atoms with van der Waals surface area (Å²) in [5, 5.41) is 11.1. The lowest BCUT2D eigenvalue weighted by molar-refractivity contribution is -0.131. The second-order valence-electron chi connectivity index (χ2n) is 8.25. The van der Waals surface area contributed by atoms with Crippen LogP contribution < -0.4 is 0 Å². The molecule has 2 aromatic carbocycles. The number of hydrogen-bond acceptors (Lipinski definition) is 6. The first-order chi connectivity index (χ1) is 16.1. The van der Waals surface area contributed by atoms with Gasteiger partial charge in [-0.2, -0.15) is 0 Å². The molecular formula is C24H22BrN5O3. The number of ether oxygens (including phenoxy) is 1. The number of nitrogens with zero attached hydrogens (tertiary/aromatic N) is 5. The number of cyclic esters (lactones) is 1. The standard InChI is InChI=1S/C24H22BrN5O3/c25-23-18(5-8-20-21(23)14-33-24(20)32)4-1-16-9-11-29(12-10-16)22(31)13-17-2-6-19(7-3-17)30-15-26-27-28-30/h1-8,15-16H,9-14H2/b4-1-. The van der Waals surface area contributed by atoms with Gasteiger partial charge in [0, 0.05) is 23.1 Å². The molecule has 9 heteroatoms. The molecule has 0 N–H and O–H groups in total. The molecule has 0 unspecified atom stereocenters. The van der Waals surface area contributed by atoms with Crippen LogP contribution >= 0.6 is 15.9 Å². The Bertz CT molecular complexity index is 1200. The topological polar surface area (TPSA) is 90.2 Å². The predicted octanol–water partition coefficient (Wildman–Crippen LogP) is 3.59. The molecule has 33 heavy (non-hydrogen) atoms. The maximum absolute atomic E-state index is 12.8. The SMILES string of the molecule is O=C1OCc2c1ccc(/C=C\C1CCN(C(=O)Cc3ccc(-n4cnnn4)cc3)CC1)c2Br. The van der Waals surface area contributed by atoms with Crippen molar-refractivity contribution < 1.29 is 14.3 Å². The van der Waals surface area contributed by atoms with E-state index in [4.69, 9.17) is 4.74 Å². The number of piperidine rings is 1. The van der Waals surface area contributed by atoms with Crippen molar-refractivity contribution in [2.75, 3.05) is 13.1 Å². The summed E-state index contributed by atoms with van der Waals surface area (Å²) in [6.07, 6.45) is 8.11. The number of esters is 1. The minimum Gasteiger partial charge on any atom is -0.457 e. The van der Waals surface area contributed by atoms with Crippen LogP contribution in [-0.4, -0.2) is 50.1 Å². The van der Waals surface area contributed by atoms with Crippen LogP contribution in [0.1, 0.15) is 39.9 Å². The van der Waals surface area contributed by atoms with Crippen molar-refractivity contribution >= 4 is 33.9 Å². The van der Waals surface area contributed by atoms with Gasteiger partial charge in [0.25, 0.3) is 0 Å². The van der Waals surface area contributed by atoms with Crippen molar-refractivity contribution in [2.24, 2.45) is 5.92 Å². The molecule has 0 saturated carbocycles. The van der Waals surface area contributed by atoms with Gasteiger partial charge in [-0.25, -0.2) is 9.48 Å². The van der Waals surface area contributed by atoms with Gasteiger partial charge in [0.1, 0.15) is 12.9 Å². The van der Waals surface area contributed by atoms with Gasteiger partial charge in [-0.1, -0.05) is 30.4 Å². The minimum absolute atomic E-state index is 0.152. The number of amides is 1. The van der Waals surface area contributed by atoms with Gasteiger partial charge in [0.15, 0.2) is 0 Å². The third-order valence-corrected chi connectivity index (χ3v) is 7.12. The largest absolute Gasteiger partial charge is 0.457 e. The number of benzene rings is 2. The summed E-state index contributed by atoms with van der Waals surface area (Å²) < 4.78 is 7.61. The number of allylic oxidation sites excluding steroid dienone is 1. The fourth-order valence-corrected chi connectivity index (χ4v) is 4.82. The average molecular weight is 508 g/mol. The maximum atomic E-state index is 12.8. The van der Waals surface area contributed by atoms with E-state index < -0.39 is 0 Å². The van der Waals surface area contributed by atoms with Crippen LogP contribution in [-0.2, 0) is 22.6 Å². The van der Waals surface area contributed by atoms with Crippen LogP contribution in [0.25, 0.3) is 11.8 Å². The van der Waals surface area contributed by atoms with Gasteiger partial charge < -0.3 is 9.64 Å². The minimum atomic E-state index is -0.262. The molecule has 2 aliphatic rings. The van der Waals surface area contributed by atoms with E-state index in [9.17, 15) is 9.59 Å². The Balaban J connectivity index is 1.14. The summed E-state index contributed by atoms with van der Waals surface area (Å²) >= 11 is 3.61. The van der Waals surface area contributed by atoms with Crippen LogP contribution in [0, 0.1) is 5.92 Å². The summed E-state index contributed by atoms with van der Waals surface area (Å²) in [4.78, 5) is 26.4. The zero-order valence-electron chi connectivity index (χ0n) is 17.9. The van der Waals surface area contributed by atoms with Crippen molar-refractivity contribution in [1.82, 2.24) is 25.1 Å². The van der Waals surface area contributed by atoms with E-state index >= 15 is 0 Å². The molecule has 1 aromatic heterocycles. The summed E-state index contributed by atoms with van der Waals surface area (Å²) in [5.74, 6) is 0.308. The van der Waals surface area contributed by atoms with Crippen LogP contribution in [0.15, 0.2) is 53.3 Å². The number of tetrazole rings is 1. The Hall–Kier alpha value is -3.33. The third-order valence-electron chi connectivity index (χ3n) is 6.19. The second kappa shape index (κ2) is 9.27. The summed E-state index contributed by atoms with van der Waals surface area (Å²) in [5.41, 5.74) is 4.42. The molecule has 3 aromatic rings. The van der Waals surface area contributed by atoms with Crippen molar-refractivity contribution in [3.8, 4) is 5.69 Å². The Morgan fingerprint density at radius 3 is 2.67 bits per heavy atom. The molecule has 5 rings (SSSR count). The van der Waals surface area contributed by atoms with E-state index in [1.807, 2.05) is 41.3 Å². The molecule has 1 saturated heterocycles. The summed E-state index contributed by atoms with van der Waals surface area (Å²) in [6.45, 7) is 1.83. The quantitative estimate of drug-likeness (QED) is 0.490. The molecule has 3 heterocycles. The van der Waals surface area contributed by atoms with Gasteiger partial charge in [0.05, 0.1) is 17.7 Å². The molecule has 1 fully saturated rings. The van der Waals surface area contributed by atoms with Gasteiger partial charge in [-0.05, 0) is 74.4 Å². The monoisotopic (exact) mass is 507 g/mol. The molecular weight excluding hydrogens is 486 g/mol. The normalized spacial score (nSPS) is 16.3. The number of hydrogen-bond donors (Lipinski definition) is 0. The van der Waals surface area contributed by atoms with Crippen LogP contribution in [0.3, 0.4) is 0 Å². The van der Waals surface area contributed by atoms with Crippen LogP contribution in [0.4, 0.5) is 0 Å². The third kappa shape index (κ3) is 4.59. The lowest BCUT2D eigenvalue weighted by Crippen LogP contribution is -2.39. The Labute approximate surface area is 199 Å². The van der Waals surface area contributed by atoms with Crippen molar-refractivity contribution in [1.29, 1.82) is 0 Å². The fraction of sp³-hybridized carbons (Fsp3) is 0.292. The Kier molecular flexibility index (Phi) is 6.04. The summed E-state index contributed by atoms with van der Waals surface area (Å²) in [7, 11) is 0. The Morgan fingerprint density at radius 1 is 1.15 bits per heavy atom. The van der Waals surface area contributed by atoms with E-state index in [0.717, 1.165) is 52.8 Å². The zero-order chi connectivity index (χ0) is 22.8. The van der Waals surface area contributed by atoms with Crippen molar-refractivity contribution in [3.63, 3.8) is 0 Å². The number of rotatable bonds is 5. The molecule has 0 atom stereocenters. The predicted molar refractivity (Wildman–Crippen MR) is 124 cm³/mol. The van der Waals surface area contributed by atoms with Gasteiger partial charge in [-0.15, -0.1) is 5.10 Å². The molecule has 0 radical (unpaired) electrons. The molecule has 0 bridgehead atoms. The highest BCUT2D eigenvalue weighted by Gasteiger charge is 2.25. The van der Waals surface area contributed by atoms with E-state index in [-0.39, 0.29) is 11.9 Å². The summed E-state index contributed by atoms with van der Waals surface area (Å²) in [6, 6.07) is 11.5. The second-order valence-corrected chi connectivity index (χ2v) is 9.04. The van der Waals surface area contributed by atoms with Crippen molar-refractivity contribution in [3.05, 3.63) is 75.5 Å². The first kappa shape index (κ1) is 21.5. The molecule has 0 aliphatic carbocycles. The number of halogens is 1. The number of likely N-dealkylation sites (tertiary alicyclic amines) is 1. The van der Waals surface area contributed by atoms with Gasteiger partial charge in [-0.3, -0.25) is 4.79 Å². The highest BCUT2D eigenvalue weighted by atomic mass is 79.9. The first-order valence-corrected chi connectivity index (χ1v) is 11.6. The van der Waals surface area contributed by atoms with E-state index in [0.29, 0.717) is 24.5 Å². The van der Waals surface area contributed by atoms with E-state index in [2.05, 4.69) is 43.6 Å². The molecule has 0 spiro atoms. The lowest BCUT2D eigenvalue weighted by atomic mass is 9.94. The van der Waals surface area contributed by atoms with Crippen molar-refractivity contribution in [2.45, 2.75) is 25.9 Å². The highest BCUT2D eigenvalue weighted by Crippen LogP contribution is 2.32. The number of aromatic nitrogens is 4. The van der Waals surface area contributed by atoms with E-state index in [1.165, 1.54) is 6.33 Å². The smallest absolute Gasteiger partial charge is 0.338 e. The Morgan fingerprint density at radius 2 is 1.94 bits per heavy atom. The molecule has 1 amide bonds. The molecule has 2 aliphatic heterocycles. The molecule has 8 nitrogen and oxygen atoms in total. The fourth-order valence-electron chi connectivity index (χ4n) is 4.23. The maximum Gasteiger partial charge on any atom is 0.338 e. The van der Waals surface area contributed by atoms with Crippen LogP contribution in [0.2, 0.25) is 0 Å². The number of carbonyl (C=O) groups is 2. The van der Waals surface area contributed by atoms with Crippen LogP contribution in [0.5, 0.6) is 0 Å². The van der Waals surface area contributed by atoms with E-state index in [1.54, 1.807) is 4.68 Å². The highest BCUT2D eigenvalue weighted by molar-refractivity contribution is 9.10. The lowest BCUT2D eigenvalue weighted by Gasteiger charge is -2.31. The number of fused-ring (bicyclic) bond motifs is 1. The van der Waals surface area contributed by atoms with Gasteiger partial charge in [0.2, 0.25) is 5.91 Å². The zero-order valence-corrected chi connectivity index (χ0v) is 19.4.